The van der Waals surface area contributed by atoms with E-state index in [9.17, 15) is 24.3 Å². The van der Waals surface area contributed by atoms with Crippen molar-refractivity contribution in [1.29, 1.82) is 0 Å². The van der Waals surface area contributed by atoms with Crippen molar-refractivity contribution in [3.63, 3.8) is 0 Å². The number of benzene rings is 3. The van der Waals surface area contributed by atoms with Gasteiger partial charge < -0.3 is 14.7 Å². The highest BCUT2D eigenvalue weighted by molar-refractivity contribution is 6.25. The SMILES string of the molecule is CCOc1cccc(C2C3=CCC4C(=O)N(c5ccc(N=Nc6ccc(N(C)C)cc6)cc5)C(=O)C4C3CC3=C2C(=O)C(C)=CC3=O)c1O. The third kappa shape index (κ3) is 5.37. The molecule has 10 heteroatoms. The molecule has 10 nitrogen and oxygen atoms in total. The molecule has 3 aliphatic carbocycles. The third-order valence-corrected chi connectivity index (χ3v) is 9.96. The molecule has 1 aliphatic heterocycles. The maximum absolute atomic E-state index is 14.3. The molecule has 1 saturated heterocycles. The molecule has 2 amide bonds. The minimum Gasteiger partial charge on any atom is -0.504 e. The monoisotopic (exact) mass is 656 g/mol. The number of azo groups is 1. The minimum atomic E-state index is -0.768. The van der Waals surface area contributed by atoms with E-state index in [1.807, 2.05) is 56.3 Å². The van der Waals surface area contributed by atoms with Crippen molar-refractivity contribution in [3.8, 4) is 11.5 Å². The Balaban J connectivity index is 1.21. The molecule has 4 unspecified atom stereocenters. The van der Waals surface area contributed by atoms with E-state index >= 15 is 0 Å². The van der Waals surface area contributed by atoms with Crippen LogP contribution in [0.15, 0.2) is 111 Å². The predicted molar refractivity (Wildman–Crippen MR) is 184 cm³/mol. The number of ketones is 2. The fraction of sp³-hybridized carbons (Fsp3) is 0.282. The van der Waals surface area contributed by atoms with Crippen LogP contribution in [0.1, 0.15) is 38.2 Å². The zero-order valence-electron chi connectivity index (χ0n) is 27.7. The van der Waals surface area contributed by atoms with Crippen molar-refractivity contribution in [2.75, 3.05) is 30.5 Å². The molecule has 0 spiro atoms. The van der Waals surface area contributed by atoms with Crippen LogP contribution in [0.5, 0.6) is 11.5 Å². The first-order valence-corrected chi connectivity index (χ1v) is 16.4. The second kappa shape index (κ2) is 12.4. The molecule has 1 fully saturated rings. The number of rotatable bonds is 7. The van der Waals surface area contributed by atoms with E-state index in [0.29, 0.717) is 52.4 Å². The van der Waals surface area contributed by atoms with Gasteiger partial charge >= 0.3 is 0 Å². The molecule has 0 saturated carbocycles. The van der Waals surface area contributed by atoms with Crippen molar-refractivity contribution in [1.82, 2.24) is 0 Å². The molecule has 0 radical (unpaired) electrons. The quantitative estimate of drug-likeness (QED) is 0.127. The molecule has 49 heavy (non-hydrogen) atoms. The van der Waals surface area contributed by atoms with Gasteiger partial charge in [0.25, 0.3) is 0 Å². The second-order valence-electron chi connectivity index (χ2n) is 13.0. The average molecular weight is 657 g/mol. The van der Waals surface area contributed by atoms with Gasteiger partial charge in [0, 0.05) is 48.0 Å². The van der Waals surface area contributed by atoms with E-state index in [-0.39, 0.29) is 41.3 Å². The number of imide groups is 1. The van der Waals surface area contributed by atoms with Gasteiger partial charge in [0.05, 0.1) is 35.5 Å². The van der Waals surface area contributed by atoms with Gasteiger partial charge in [-0.25, -0.2) is 0 Å². The van der Waals surface area contributed by atoms with Crippen molar-refractivity contribution in [2.24, 2.45) is 28.0 Å². The summed E-state index contributed by atoms with van der Waals surface area (Å²) in [6.07, 6.45) is 3.72. The Morgan fingerprint density at radius 1 is 0.898 bits per heavy atom. The first kappa shape index (κ1) is 31.9. The maximum Gasteiger partial charge on any atom is 0.238 e. The molecule has 7 rings (SSSR count). The van der Waals surface area contributed by atoms with Crippen LogP contribution in [-0.2, 0) is 19.2 Å². The first-order valence-electron chi connectivity index (χ1n) is 16.4. The van der Waals surface area contributed by atoms with Gasteiger partial charge in [-0.15, -0.1) is 0 Å². The number of phenolic OH excluding ortho intramolecular Hbond substituents is 1. The summed E-state index contributed by atoms with van der Waals surface area (Å²) < 4.78 is 5.66. The van der Waals surface area contributed by atoms with Crippen LogP contribution in [0.2, 0.25) is 0 Å². The molecule has 0 aromatic heterocycles. The van der Waals surface area contributed by atoms with Gasteiger partial charge in [-0.3, -0.25) is 24.1 Å². The molecular formula is C39H36N4O6. The summed E-state index contributed by atoms with van der Waals surface area (Å²) in [6, 6.07) is 19.6. The zero-order chi connectivity index (χ0) is 34.6. The number of nitrogens with zero attached hydrogens (tertiary/aromatic N) is 4. The van der Waals surface area contributed by atoms with E-state index < -0.39 is 23.7 Å². The number of phenols is 1. The fourth-order valence-corrected chi connectivity index (χ4v) is 7.62. The molecule has 1 heterocycles. The highest BCUT2D eigenvalue weighted by Crippen LogP contribution is 2.57. The number of allylic oxidation sites excluding steroid dienone is 6. The van der Waals surface area contributed by atoms with Crippen LogP contribution >= 0.6 is 0 Å². The van der Waals surface area contributed by atoms with Crippen LogP contribution in [0.3, 0.4) is 0 Å². The number of ether oxygens (including phenoxy) is 1. The third-order valence-electron chi connectivity index (χ3n) is 9.96. The highest BCUT2D eigenvalue weighted by Gasteiger charge is 2.57. The number of hydrogen-bond acceptors (Lipinski definition) is 9. The number of fused-ring (bicyclic) bond motifs is 3. The molecule has 4 aliphatic rings. The molecule has 1 N–H and O–H groups in total. The number of carbonyl (C=O) groups is 4. The molecule has 3 aromatic carbocycles. The van der Waals surface area contributed by atoms with Crippen molar-refractivity contribution >= 4 is 46.1 Å². The van der Waals surface area contributed by atoms with Crippen LogP contribution in [-0.4, -0.2) is 49.2 Å². The molecule has 4 atom stereocenters. The van der Waals surface area contributed by atoms with Gasteiger partial charge in [0.1, 0.15) is 0 Å². The standard InChI is InChI=1S/C39H36N4O6/c1-5-49-32-8-6-7-27(37(32)46)33-26-17-18-28-34(29(26)20-30-31(44)19-21(2)36(45)35(30)33)39(48)43(38(28)47)25-15-11-23(12-16-25)41-40-22-9-13-24(14-10-22)42(3)4/h6-17,19,28-29,33-34,46H,5,18,20H2,1-4H3. The van der Waals surface area contributed by atoms with Crippen LogP contribution in [0.4, 0.5) is 22.7 Å². The van der Waals surface area contributed by atoms with Gasteiger partial charge in [-0.05, 0) is 93.3 Å². The average Bonchev–Trinajstić information content (AvgIpc) is 3.36. The van der Waals surface area contributed by atoms with Crippen LogP contribution < -0.4 is 14.5 Å². The number of hydrogen-bond donors (Lipinski definition) is 1. The first-order chi connectivity index (χ1) is 23.6. The van der Waals surface area contributed by atoms with E-state index in [2.05, 4.69) is 10.2 Å². The van der Waals surface area contributed by atoms with Crippen LogP contribution in [0.25, 0.3) is 0 Å². The number of aromatic hydroxyl groups is 1. The molecular weight excluding hydrogens is 620 g/mol. The molecule has 3 aromatic rings. The smallest absolute Gasteiger partial charge is 0.238 e. The molecule has 248 valence electrons. The van der Waals surface area contributed by atoms with E-state index in [4.69, 9.17) is 4.74 Å². The largest absolute Gasteiger partial charge is 0.504 e. The Kier molecular flexibility index (Phi) is 8.10. The lowest BCUT2D eigenvalue weighted by Crippen LogP contribution is -2.39. The lowest BCUT2D eigenvalue weighted by atomic mass is 9.59. The van der Waals surface area contributed by atoms with Gasteiger partial charge in [-0.1, -0.05) is 23.8 Å². The Hall–Kier alpha value is -5.64. The van der Waals surface area contributed by atoms with Gasteiger partial charge in [-0.2, -0.15) is 10.2 Å². The molecule has 0 bridgehead atoms. The summed E-state index contributed by atoms with van der Waals surface area (Å²) in [5, 5.41) is 20.0. The summed E-state index contributed by atoms with van der Waals surface area (Å²) in [4.78, 5) is 58.5. The summed E-state index contributed by atoms with van der Waals surface area (Å²) in [5.74, 6) is -3.70. The van der Waals surface area contributed by atoms with Crippen LogP contribution in [0, 0.1) is 17.8 Å². The summed E-state index contributed by atoms with van der Waals surface area (Å²) >= 11 is 0. The second-order valence-corrected chi connectivity index (χ2v) is 13.0. The van der Waals surface area contributed by atoms with Crippen molar-refractivity contribution < 1.29 is 29.0 Å². The summed E-state index contributed by atoms with van der Waals surface area (Å²) in [5.41, 5.74) is 4.89. The van der Waals surface area contributed by atoms with Crippen molar-refractivity contribution in [2.45, 2.75) is 32.6 Å². The number of Topliss-reactive ketones (excluding diaryl/α,β-unsaturated/α-hetero) is 1. The fourth-order valence-electron chi connectivity index (χ4n) is 7.62. The summed E-state index contributed by atoms with van der Waals surface area (Å²) in [6.45, 7) is 3.74. The normalized spacial score (nSPS) is 23.3. The Morgan fingerprint density at radius 3 is 2.22 bits per heavy atom. The number of para-hydroxylation sites is 1. The van der Waals surface area contributed by atoms with E-state index in [0.717, 1.165) is 11.3 Å². The summed E-state index contributed by atoms with van der Waals surface area (Å²) in [7, 11) is 3.93. The lowest BCUT2D eigenvalue weighted by molar-refractivity contribution is -0.123. The van der Waals surface area contributed by atoms with Gasteiger partial charge in [0.2, 0.25) is 11.8 Å². The maximum atomic E-state index is 14.3. The Morgan fingerprint density at radius 2 is 1.57 bits per heavy atom. The Bertz CT molecular complexity index is 2020. The highest BCUT2D eigenvalue weighted by atomic mass is 16.5. The zero-order valence-corrected chi connectivity index (χ0v) is 27.7. The number of anilines is 2. The van der Waals surface area contributed by atoms with E-state index in [1.165, 1.54) is 11.0 Å². The van der Waals surface area contributed by atoms with Gasteiger partial charge in [0.15, 0.2) is 23.1 Å². The number of amides is 2. The Labute approximate surface area is 284 Å². The lowest BCUT2D eigenvalue weighted by Gasteiger charge is -2.42. The van der Waals surface area contributed by atoms with Crippen molar-refractivity contribution in [3.05, 3.63) is 107 Å². The topological polar surface area (TPSA) is 129 Å². The minimum absolute atomic E-state index is 0.115. The predicted octanol–water partition coefficient (Wildman–Crippen LogP) is 6.91. The number of carbonyl (C=O) groups excluding carboxylic acids is 4. The van der Waals surface area contributed by atoms with E-state index in [1.54, 1.807) is 49.4 Å².